The molecule has 0 unspecified atom stereocenters. The highest BCUT2D eigenvalue weighted by Gasteiger charge is 2.41. The highest BCUT2D eigenvalue weighted by molar-refractivity contribution is 7.99. The molecule has 6 nitrogen and oxygen atoms in total. The van der Waals surface area contributed by atoms with E-state index in [4.69, 9.17) is 5.73 Å². The summed E-state index contributed by atoms with van der Waals surface area (Å²) in [6.45, 7) is 3.90. The standard InChI is InChI=1S/C16H26N4O2S/c1-2-3-4-23-16-18-14(17)7-15(19-16)20-8-10-5-12(21)13(22)6-11(10)9-20/h7,10-13,21-22H,2-6,8-9H2,1H3,(H2,17,18,19)/t10-,11+,12-,13-/m0/s1. The van der Waals surface area contributed by atoms with Gasteiger partial charge < -0.3 is 20.8 Å². The average Bonchev–Trinajstić information content (AvgIpc) is 2.90. The fourth-order valence-corrected chi connectivity index (χ4v) is 4.50. The summed E-state index contributed by atoms with van der Waals surface area (Å²) in [5, 5.41) is 20.5. The van der Waals surface area contributed by atoms with Crippen molar-refractivity contribution in [2.45, 2.75) is 50.0 Å². The van der Waals surface area contributed by atoms with Crippen molar-refractivity contribution in [1.82, 2.24) is 9.97 Å². The number of nitrogen functional groups attached to an aromatic ring is 1. The number of fused-ring (bicyclic) bond motifs is 1. The first-order valence-corrected chi connectivity index (χ1v) is 9.43. The van der Waals surface area contributed by atoms with Gasteiger partial charge in [0.05, 0.1) is 12.2 Å². The van der Waals surface area contributed by atoms with Gasteiger partial charge in [-0.25, -0.2) is 9.97 Å². The van der Waals surface area contributed by atoms with Gasteiger partial charge in [-0.05, 0) is 31.1 Å². The van der Waals surface area contributed by atoms with Crippen molar-refractivity contribution < 1.29 is 10.2 Å². The molecule has 1 aliphatic heterocycles. The molecule has 0 spiro atoms. The zero-order valence-corrected chi connectivity index (χ0v) is 14.4. The van der Waals surface area contributed by atoms with Crippen LogP contribution < -0.4 is 10.6 Å². The van der Waals surface area contributed by atoms with Crippen molar-refractivity contribution in [2.75, 3.05) is 29.5 Å². The average molecular weight is 338 g/mol. The van der Waals surface area contributed by atoms with Gasteiger partial charge >= 0.3 is 0 Å². The Hall–Kier alpha value is -1.05. The lowest BCUT2D eigenvalue weighted by molar-refractivity contribution is -0.0372. The van der Waals surface area contributed by atoms with Gasteiger partial charge in [-0.3, -0.25) is 0 Å². The zero-order valence-electron chi connectivity index (χ0n) is 13.6. The molecule has 2 heterocycles. The second-order valence-corrected chi connectivity index (χ2v) is 7.73. The molecule has 0 aromatic carbocycles. The summed E-state index contributed by atoms with van der Waals surface area (Å²) < 4.78 is 0. The van der Waals surface area contributed by atoms with Crippen LogP contribution in [-0.4, -0.2) is 51.2 Å². The molecule has 1 aromatic heterocycles. The molecule has 1 saturated carbocycles. The van der Waals surface area contributed by atoms with Gasteiger partial charge in [0.1, 0.15) is 11.6 Å². The number of hydrogen-bond acceptors (Lipinski definition) is 7. The van der Waals surface area contributed by atoms with Crippen LogP contribution in [0.1, 0.15) is 32.6 Å². The van der Waals surface area contributed by atoms with Crippen molar-refractivity contribution in [3.05, 3.63) is 6.07 Å². The van der Waals surface area contributed by atoms with E-state index in [1.54, 1.807) is 11.8 Å². The number of anilines is 2. The van der Waals surface area contributed by atoms with Crippen LogP contribution in [0.5, 0.6) is 0 Å². The fourth-order valence-electron chi connectivity index (χ4n) is 3.56. The highest BCUT2D eigenvalue weighted by atomic mass is 32.2. The zero-order chi connectivity index (χ0) is 16.4. The molecular weight excluding hydrogens is 312 g/mol. The highest BCUT2D eigenvalue weighted by Crippen LogP contribution is 2.38. The molecule has 3 rings (SSSR count). The lowest BCUT2D eigenvalue weighted by Gasteiger charge is -2.31. The first-order chi connectivity index (χ1) is 11.1. The van der Waals surface area contributed by atoms with Gasteiger partial charge in [0.2, 0.25) is 0 Å². The lowest BCUT2D eigenvalue weighted by Crippen LogP contribution is -2.38. The molecule has 4 N–H and O–H groups in total. The second kappa shape index (κ2) is 7.23. The number of aromatic nitrogens is 2. The number of nitrogens with zero attached hydrogens (tertiary/aromatic N) is 3. The molecule has 1 aliphatic carbocycles. The number of rotatable bonds is 5. The van der Waals surface area contributed by atoms with Gasteiger partial charge in [0, 0.05) is 24.9 Å². The van der Waals surface area contributed by atoms with Gasteiger partial charge in [-0.1, -0.05) is 25.1 Å². The van der Waals surface area contributed by atoms with Crippen LogP contribution in [0.4, 0.5) is 11.6 Å². The van der Waals surface area contributed by atoms with Crippen molar-refractivity contribution in [3.63, 3.8) is 0 Å². The Morgan fingerprint density at radius 3 is 2.48 bits per heavy atom. The topological polar surface area (TPSA) is 95.5 Å². The number of aliphatic hydroxyl groups excluding tert-OH is 2. The summed E-state index contributed by atoms with van der Waals surface area (Å²) in [6, 6.07) is 1.83. The minimum absolute atomic E-state index is 0.417. The third-order valence-electron chi connectivity index (χ3n) is 4.87. The van der Waals surface area contributed by atoms with Crippen molar-refractivity contribution in [3.8, 4) is 0 Å². The van der Waals surface area contributed by atoms with E-state index >= 15 is 0 Å². The Balaban J connectivity index is 1.70. The van der Waals surface area contributed by atoms with E-state index in [9.17, 15) is 10.2 Å². The number of hydrogen-bond donors (Lipinski definition) is 3. The van der Waals surface area contributed by atoms with Crippen LogP contribution in [0, 0.1) is 11.8 Å². The number of nitrogens with two attached hydrogens (primary N) is 1. The number of unbranched alkanes of at least 4 members (excludes halogenated alkanes) is 1. The van der Waals surface area contributed by atoms with Crippen LogP contribution in [0.25, 0.3) is 0 Å². The Bertz CT molecular complexity index is 527. The largest absolute Gasteiger partial charge is 0.390 e. The maximum Gasteiger partial charge on any atom is 0.191 e. The molecule has 1 aromatic rings. The maximum absolute atomic E-state index is 9.87. The predicted octanol–water partition coefficient (Wildman–Crippen LogP) is 1.52. The maximum atomic E-state index is 9.87. The molecule has 128 valence electrons. The molecule has 4 atom stereocenters. The van der Waals surface area contributed by atoms with E-state index < -0.39 is 12.2 Å². The van der Waals surface area contributed by atoms with E-state index in [1.165, 1.54) is 0 Å². The van der Waals surface area contributed by atoms with Gasteiger partial charge in [0.25, 0.3) is 0 Å². The van der Waals surface area contributed by atoms with Crippen LogP contribution in [0.15, 0.2) is 11.2 Å². The molecule has 2 aliphatic rings. The van der Waals surface area contributed by atoms with Crippen LogP contribution in [-0.2, 0) is 0 Å². The summed E-state index contributed by atoms with van der Waals surface area (Å²) in [4.78, 5) is 11.2. The molecule has 0 amide bonds. The molecule has 1 saturated heterocycles. The lowest BCUT2D eigenvalue weighted by atomic mass is 9.79. The molecule has 0 bridgehead atoms. The minimum atomic E-state index is -0.591. The Morgan fingerprint density at radius 2 is 1.87 bits per heavy atom. The SMILES string of the molecule is CCCCSc1nc(N)cc(N2C[C@H]3C[C@H](O)[C@@H](O)C[C@H]3C2)n1. The molecule has 0 radical (unpaired) electrons. The molecule has 7 heteroatoms. The minimum Gasteiger partial charge on any atom is -0.390 e. The normalized spacial score (nSPS) is 30.5. The summed E-state index contributed by atoms with van der Waals surface area (Å²) in [5.74, 6) is 3.21. The molecular formula is C16H26N4O2S. The van der Waals surface area contributed by atoms with E-state index in [1.807, 2.05) is 6.07 Å². The smallest absolute Gasteiger partial charge is 0.191 e. The first-order valence-electron chi connectivity index (χ1n) is 8.45. The quantitative estimate of drug-likeness (QED) is 0.425. The van der Waals surface area contributed by atoms with E-state index in [0.29, 0.717) is 30.5 Å². The number of aliphatic hydroxyl groups is 2. The molecule has 2 fully saturated rings. The summed E-state index contributed by atoms with van der Waals surface area (Å²) >= 11 is 1.65. The van der Waals surface area contributed by atoms with E-state index in [0.717, 1.165) is 42.7 Å². The monoisotopic (exact) mass is 338 g/mol. The number of thioether (sulfide) groups is 1. The Labute approximate surface area is 141 Å². The molecule has 23 heavy (non-hydrogen) atoms. The van der Waals surface area contributed by atoms with E-state index in [-0.39, 0.29) is 0 Å². The van der Waals surface area contributed by atoms with Crippen LogP contribution in [0.2, 0.25) is 0 Å². The van der Waals surface area contributed by atoms with Crippen molar-refractivity contribution in [2.24, 2.45) is 11.8 Å². The van der Waals surface area contributed by atoms with Gasteiger partial charge in [0.15, 0.2) is 5.16 Å². The van der Waals surface area contributed by atoms with Crippen LogP contribution >= 0.6 is 11.8 Å². The third kappa shape index (κ3) is 3.89. The predicted molar refractivity (Wildman–Crippen MR) is 92.5 cm³/mol. The van der Waals surface area contributed by atoms with E-state index in [2.05, 4.69) is 21.8 Å². The Morgan fingerprint density at radius 1 is 1.22 bits per heavy atom. The summed E-state index contributed by atoms with van der Waals surface area (Å²) in [7, 11) is 0. The van der Waals surface area contributed by atoms with Crippen molar-refractivity contribution >= 4 is 23.4 Å². The first kappa shape index (κ1) is 16.8. The Kier molecular flexibility index (Phi) is 5.28. The third-order valence-corrected chi connectivity index (χ3v) is 5.81. The fraction of sp³-hybridized carbons (Fsp3) is 0.750. The van der Waals surface area contributed by atoms with Gasteiger partial charge in [-0.2, -0.15) is 0 Å². The van der Waals surface area contributed by atoms with Crippen LogP contribution in [0.3, 0.4) is 0 Å². The second-order valence-electron chi connectivity index (χ2n) is 6.67. The summed E-state index contributed by atoms with van der Waals surface area (Å²) in [5.41, 5.74) is 5.95. The summed E-state index contributed by atoms with van der Waals surface area (Å²) in [6.07, 6.45) is 2.45. The van der Waals surface area contributed by atoms with Crippen molar-refractivity contribution in [1.29, 1.82) is 0 Å². The van der Waals surface area contributed by atoms with Gasteiger partial charge in [-0.15, -0.1) is 0 Å².